The van der Waals surface area contributed by atoms with Gasteiger partial charge in [0.2, 0.25) is 0 Å². The smallest absolute Gasteiger partial charge is 0.0991 e. The molecule has 0 saturated carbocycles. The number of para-hydroxylation sites is 6. The van der Waals surface area contributed by atoms with Gasteiger partial charge in [-0.3, -0.25) is 0 Å². The molecule has 0 amide bonds. The zero-order valence-corrected chi connectivity index (χ0v) is 28.6. The van der Waals surface area contributed by atoms with E-state index in [1.165, 1.54) is 43.4 Å². The maximum absolute atomic E-state index is 10.2. The minimum atomic E-state index is 0.623. The van der Waals surface area contributed by atoms with Crippen molar-refractivity contribution in [2.45, 2.75) is 0 Å². The molecular formula is C49H30N4. The second-order valence-electron chi connectivity index (χ2n) is 13.7. The molecule has 0 saturated heterocycles. The number of rotatable bonds is 4. The average molecular weight is 675 g/mol. The van der Waals surface area contributed by atoms with E-state index in [1.807, 2.05) is 12.1 Å². The van der Waals surface area contributed by atoms with E-state index < -0.39 is 0 Å². The number of fused-ring (bicyclic) bond motifs is 9. The van der Waals surface area contributed by atoms with Crippen molar-refractivity contribution in [1.29, 1.82) is 5.26 Å². The second-order valence-corrected chi connectivity index (χ2v) is 13.7. The van der Waals surface area contributed by atoms with E-state index in [9.17, 15) is 5.26 Å². The SMILES string of the molecule is N#Cc1ccc(-n2c3ccccc3c3ccccc32)c(-c2ccccc2-n2c3ccccc3c3cc(-n4c5ccccc5c5ccccc54)ccc32)c1. The Hall–Kier alpha value is -7.35. The van der Waals surface area contributed by atoms with Crippen molar-refractivity contribution in [3.8, 4) is 34.3 Å². The summed E-state index contributed by atoms with van der Waals surface area (Å²) < 4.78 is 7.13. The molecule has 0 aliphatic heterocycles. The van der Waals surface area contributed by atoms with Crippen molar-refractivity contribution >= 4 is 65.4 Å². The van der Waals surface area contributed by atoms with Crippen LogP contribution in [0.3, 0.4) is 0 Å². The number of nitriles is 1. The van der Waals surface area contributed by atoms with Gasteiger partial charge < -0.3 is 13.7 Å². The average Bonchev–Trinajstić information content (AvgIpc) is 3.86. The molecule has 0 unspecified atom stereocenters. The van der Waals surface area contributed by atoms with Crippen LogP contribution in [0.25, 0.3) is 93.6 Å². The Morgan fingerprint density at radius 2 is 0.736 bits per heavy atom. The summed E-state index contributed by atoms with van der Waals surface area (Å²) in [5.41, 5.74) is 12.8. The quantitative estimate of drug-likeness (QED) is 0.183. The van der Waals surface area contributed by atoms with Crippen LogP contribution in [0, 0.1) is 11.3 Å². The van der Waals surface area contributed by atoms with E-state index >= 15 is 0 Å². The summed E-state index contributed by atoms with van der Waals surface area (Å²) in [6.45, 7) is 0. The van der Waals surface area contributed by atoms with Crippen LogP contribution in [-0.4, -0.2) is 13.7 Å². The molecule has 11 aromatic rings. The van der Waals surface area contributed by atoms with Gasteiger partial charge in [0.15, 0.2) is 0 Å². The lowest BCUT2D eigenvalue weighted by Crippen LogP contribution is -2.02. The first kappa shape index (κ1) is 29.4. The van der Waals surface area contributed by atoms with Crippen LogP contribution in [0.5, 0.6) is 0 Å². The highest BCUT2D eigenvalue weighted by atomic mass is 15.0. The van der Waals surface area contributed by atoms with Gasteiger partial charge in [-0.05, 0) is 72.8 Å². The molecule has 0 aliphatic rings. The van der Waals surface area contributed by atoms with E-state index in [0.29, 0.717) is 5.56 Å². The van der Waals surface area contributed by atoms with Crippen LogP contribution >= 0.6 is 0 Å². The number of nitrogens with zero attached hydrogens (tertiary/aromatic N) is 4. The third-order valence-electron chi connectivity index (χ3n) is 10.9. The van der Waals surface area contributed by atoms with E-state index in [4.69, 9.17) is 0 Å². The van der Waals surface area contributed by atoms with Crippen molar-refractivity contribution in [3.63, 3.8) is 0 Å². The Bertz CT molecular complexity index is 3200. The van der Waals surface area contributed by atoms with Crippen LogP contribution in [0.15, 0.2) is 182 Å². The first-order valence-electron chi connectivity index (χ1n) is 17.9. The highest BCUT2D eigenvalue weighted by Gasteiger charge is 2.21. The maximum atomic E-state index is 10.2. The van der Waals surface area contributed by atoms with Crippen molar-refractivity contribution < 1.29 is 0 Å². The molecule has 0 spiro atoms. The van der Waals surface area contributed by atoms with Crippen LogP contribution in [-0.2, 0) is 0 Å². The van der Waals surface area contributed by atoms with Gasteiger partial charge in [0.05, 0.1) is 56.1 Å². The molecule has 246 valence electrons. The lowest BCUT2D eigenvalue weighted by Gasteiger charge is -2.19. The van der Waals surface area contributed by atoms with Gasteiger partial charge in [-0.2, -0.15) is 5.26 Å². The Morgan fingerprint density at radius 3 is 1.26 bits per heavy atom. The molecular weight excluding hydrogens is 645 g/mol. The van der Waals surface area contributed by atoms with Crippen LogP contribution < -0.4 is 0 Å². The molecule has 0 aliphatic carbocycles. The molecule has 0 radical (unpaired) electrons. The molecule has 11 rings (SSSR count). The number of hydrogen-bond donors (Lipinski definition) is 0. The molecule has 0 bridgehead atoms. The number of hydrogen-bond acceptors (Lipinski definition) is 1. The first-order chi connectivity index (χ1) is 26.3. The minimum Gasteiger partial charge on any atom is -0.309 e. The van der Waals surface area contributed by atoms with Gasteiger partial charge in [-0.15, -0.1) is 0 Å². The van der Waals surface area contributed by atoms with Crippen LogP contribution in [0.1, 0.15) is 5.56 Å². The summed E-state index contributed by atoms with van der Waals surface area (Å²) in [7, 11) is 0. The minimum absolute atomic E-state index is 0.623. The molecule has 8 aromatic carbocycles. The molecule has 4 heteroatoms. The van der Waals surface area contributed by atoms with Gasteiger partial charge in [0.25, 0.3) is 0 Å². The van der Waals surface area contributed by atoms with Crippen molar-refractivity contribution in [1.82, 2.24) is 13.7 Å². The van der Waals surface area contributed by atoms with Crippen molar-refractivity contribution in [2.24, 2.45) is 0 Å². The van der Waals surface area contributed by atoms with E-state index in [1.54, 1.807) is 0 Å². The van der Waals surface area contributed by atoms with E-state index in [0.717, 1.165) is 50.3 Å². The highest BCUT2D eigenvalue weighted by molar-refractivity contribution is 6.13. The Balaban J connectivity index is 1.19. The standard InChI is InChI=1S/C49H30N4/c50-31-32-25-27-48(52-44-21-9-3-15-36(44)37-16-4-10-22-45(37)52)40(29-32)38-17-5-11-23-46(38)53-47-24-12-6-18-39(47)41-30-33(26-28-49(41)53)51-42-19-7-1-13-34(42)35-14-2-8-20-43(35)51/h1-30H. The van der Waals surface area contributed by atoms with Crippen molar-refractivity contribution in [2.75, 3.05) is 0 Å². The number of aromatic nitrogens is 3. The molecule has 0 fully saturated rings. The Kier molecular flexibility index (Phi) is 6.28. The summed E-state index contributed by atoms with van der Waals surface area (Å²) in [5, 5.41) is 17.5. The van der Waals surface area contributed by atoms with E-state index in [2.05, 4.69) is 190 Å². The molecule has 3 aromatic heterocycles. The van der Waals surface area contributed by atoms with Crippen LogP contribution in [0.4, 0.5) is 0 Å². The van der Waals surface area contributed by atoms with Gasteiger partial charge >= 0.3 is 0 Å². The lowest BCUT2D eigenvalue weighted by molar-refractivity contribution is 1.15. The normalized spacial score (nSPS) is 11.8. The molecule has 53 heavy (non-hydrogen) atoms. The van der Waals surface area contributed by atoms with E-state index in [-0.39, 0.29) is 0 Å². The monoisotopic (exact) mass is 674 g/mol. The second kappa shape index (κ2) is 11.3. The third-order valence-corrected chi connectivity index (χ3v) is 10.9. The lowest BCUT2D eigenvalue weighted by atomic mass is 9.98. The number of benzene rings is 8. The summed E-state index contributed by atoms with van der Waals surface area (Å²) in [6.07, 6.45) is 0. The predicted molar refractivity (Wildman–Crippen MR) is 220 cm³/mol. The molecule has 4 nitrogen and oxygen atoms in total. The summed E-state index contributed by atoms with van der Waals surface area (Å²) in [6, 6.07) is 67.1. The summed E-state index contributed by atoms with van der Waals surface area (Å²) in [4.78, 5) is 0. The maximum Gasteiger partial charge on any atom is 0.0991 e. The molecule has 0 N–H and O–H groups in total. The highest BCUT2D eigenvalue weighted by Crippen LogP contribution is 2.42. The molecule has 0 atom stereocenters. The summed E-state index contributed by atoms with van der Waals surface area (Å²) in [5.74, 6) is 0. The first-order valence-corrected chi connectivity index (χ1v) is 17.9. The summed E-state index contributed by atoms with van der Waals surface area (Å²) >= 11 is 0. The largest absolute Gasteiger partial charge is 0.309 e. The molecule has 3 heterocycles. The zero-order chi connectivity index (χ0) is 35.0. The Labute approximate surface area is 305 Å². The van der Waals surface area contributed by atoms with Crippen molar-refractivity contribution in [3.05, 3.63) is 188 Å². The van der Waals surface area contributed by atoms with Crippen LogP contribution in [0.2, 0.25) is 0 Å². The van der Waals surface area contributed by atoms with Gasteiger partial charge in [0, 0.05) is 49.1 Å². The fourth-order valence-electron chi connectivity index (χ4n) is 8.65. The van der Waals surface area contributed by atoms with Gasteiger partial charge in [-0.1, -0.05) is 109 Å². The fraction of sp³-hybridized carbons (Fsp3) is 0. The van der Waals surface area contributed by atoms with Gasteiger partial charge in [0.1, 0.15) is 0 Å². The Morgan fingerprint density at radius 1 is 0.321 bits per heavy atom. The zero-order valence-electron chi connectivity index (χ0n) is 28.6. The predicted octanol–water partition coefficient (Wildman–Crippen LogP) is 12.5. The third kappa shape index (κ3) is 4.22. The van der Waals surface area contributed by atoms with Gasteiger partial charge in [-0.25, -0.2) is 0 Å². The topological polar surface area (TPSA) is 38.6 Å². The fourth-order valence-corrected chi connectivity index (χ4v) is 8.65.